The number of benzene rings is 9. The Kier molecular flexibility index (Phi) is 13.1. The summed E-state index contributed by atoms with van der Waals surface area (Å²) in [6.45, 7) is 45.8. The molecule has 0 aliphatic rings. The van der Waals surface area contributed by atoms with Gasteiger partial charge in [0.25, 0.3) is 0 Å². The Balaban J connectivity index is 1.11. The summed E-state index contributed by atoms with van der Waals surface area (Å²) in [6.07, 6.45) is 0. The number of aryl methyl sites for hydroxylation is 4. The SMILES string of the molecule is Cc1ccc(C(C)(C)C)cc1N(c1ccc2cc3c(cc2c1)oc1c(C(C)C)c2c(oc4cc5cc(N(c6cc(C(C)(C)C)ccc6C)c6cc(C(C)(C)C)ccc6C)ccc5cc42)c(C(C)C)c13)c1cc(C(C)(C)C)ccc1C. The van der Waals surface area contributed by atoms with Crippen LogP contribution in [0.25, 0.3) is 65.4 Å². The third kappa shape index (κ3) is 9.44. The van der Waals surface area contributed by atoms with E-state index in [-0.39, 0.29) is 33.5 Å². The van der Waals surface area contributed by atoms with Crippen molar-refractivity contribution >= 4 is 99.5 Å². The summed E-state index contributed by atoms with van der Waals surface area (Å²) in [5.41, 5.74) is 23.2. The zero-order valence-corrected chi connectivity index (χ0v) is 51.6. The van der Waals surface area contributed by atoms with Gasteiger partial charge in [-0.2, -0.15) is 0 Å². The number of nitrogens with zero attached hydrogens (tertiary/aromatic N) is 2. The Morgan fingerprint density at radius 3 is 0.875 bits per heavy atom. The molecule has 0 atom stereocenters. The lowest BCUT2D eigenvalue weighted by Crippen LogP contribution is -2.18. The molecular formula is C76H84N2O2. The van der Waals surface area contributed by atoms with Crippen molar-refractivity contribution in [2.24, 2.45) is 0 Å². The summed E-state index contributed by atoms with van der Waals surface area (Å²) in [4.78, 5) is 4.98. The number of hydrogen-bond donors (Lipinski definition) is 0. The van der Waals surface area contributed by atoms with Crippen molar-refractivity contribution < 1.29 is 8.83 Å². The minimum atomic E-state index is -0.0113. The molecule has 0 unspecified atom stereocenters. The van der Waals surface area contributed by atoms with Gasteiger partial charge in [-0.05, 0) is 200 Å². The fourth-order valence-electron chi connectivity index (χ4n) is 12.3. The number of furan rings is 2. The first-order chi connectivity index (χ1) is 37.5. The van der Waals surface area contributed by atoms with Gasteiger partial charge >= 0.3 is 0 Å². The molecule has 0 aliphatic carbocycles. The highest BCUT2D eigenvalue weighted by Gasteiger charge is 2.30. The lowest BCUT2D eigenvalue weighted by molar-refractivity contribution is 0.589. The van der Waals surface area contributed by atoms with E-state index in [0.717, 1.165) is 66.0 Å². The molecule has 4 nitrogen and oxygen atoms in total. The number of anilines is 6. The Morgan fingerprint density at radius 2 is 0.613 bits per heavy atom. The second kappa shape index (κ2) is 19.2. The first-order valence-electron chi connectivity index (χ1n) is 29.3. The zero-order valence-electron chi connectivity index (χ0n) is 51.6. The molecule has 4 heteroatoms. The lowest BCUT2D eigenvalue weighted by Gasteiger charge is -2.32. The minimum absolute atomic E-state index is 0.0113. The van der Waals surface area contributed by atoms with E-state index in [1.165, 1.54) is 89.2 Å². The van der Waals surface area contributed by atoms with E-state index in [0.29, 0.717) is 0 Å². The largest absolute Gasteiger partial charge is 0.456 e. The molecule has 0 aliphatic heterocycles. The molecular weight excluding hydrogens is 973 g/mol. The van der Waals surface area contributed by atoms with Crippen LogP contribution in [0.3, 0.4) is 0 Å². The van der Waals surface area contributed by atoms with E-state index in [9.17, 15) is 0 Å². The molecule has 80 heavy (non-hydrogen) atoms. The summed E-state index contributed by atoms with van der Waals surface area (Å²) in [5, 5.41) is 9.18. The third-order valence-electron chi connectivity index (χ3n) is 17.2. The fraction of sp³-hybridized carbons (Fsp3) is 0.342. The Morgan fingerprint density at radius 1 is 0.325 bits per heavy atom. The molecule has 0 N–H and O–H groups in total. The van der Waals surface area contributed by atoms with Gasteiger partial charge in [-0.3, -0.25) is 0 Å². The fourth-order valence-corrected chi connectivity index (χ4v) is 12.3. The Labute approximate surface area is 476 Å². The molecule has 0 bridgehead atoms. The minimum Gasteiger partial charge on any atom is -0.456 e. The van der Waals surface area contributed by atoms with E-state index in [4.69, 9.17) is 8.83 Å². The van der Waals surface area contributed by atoms with Gasteiger partial charge in [-0.1, -0.05) is 171 Å². The molecule has 2 heterocycles. The van der Waals surface area contributed by atoms with Crippen LogP contribution in [0.1, 0.15) is 178 Å². The molecule has 0 saturated carbocycles. The van der Waals surface area contributed by atoms with Crippen molar-refractivity contribution in [1.29, 1.82) is 0 Å². The molecule has 0 saturated heterocycles. The molecule has 0 amide bonds. The summed E-state index contributed by atoms with van der Waals surface area (Å²) in [6, 6.07) is 51.2. The van der Waals surface area contributed by atoms with Crippen molar-refractivity contribution in [2.45, 2.75) is 172 Å². The first kappa shape index (κ1) is 54.6. The van der Waals surface area contributed by atoms with Crippen LogP contribution in [-0.2, 0) is 21.7 Å². The van der Waals surface area contributed by atoms with E-state index < -0.39 is 0 Å². The second-order valence-electron chi connectivity index (χ2n) is 28.2. The average Bonchev–Trinajstić information content (AvgIpc) is 3.95. The quantitative estimate of drug-likeness (QED) is 0.152. The van der Waals surface area contributed by atoms with Crippen LogP contribution in [-0.4, -0.2) is 0 Å². The standard InChI is InChI=1S/C76H84N2O2/c1-43(2)67-69-59-35-49-25-31-57(77(61-39-53(73(9,10)11)27-21-45(61)5)62-40-54(74(12,13)14)28-22-46(62)6)33-51(49)37-65(59)80-72(69)68(44(3)4)70-60-36-50-26-32-58(34-52(50)38-66(60)79-71(67)70)78(63-41-55(75(15,16)17)29-23-47(63)7)64-42-56(76(18,19)20)30-24-48(64)8/h21-44H,1-20H3. The molecule has 410 valence electrons. The normalized spacial score (nSPS) is 13.0. The smallest absolute Gasteiger partial charge is 0.140 e. The lowest BCUT2D eigenvalue weighted by atomic mass is 9.85. The van der Waals surface area contributed by atoms with Crippen LogP contribution < -0.4 is 9.80 Å². The molecule has 11 rings (SSSR count). The van der Waals surface area contributed by atoms with Crippen LogP contribution in [0.2, 0.25) is 0 Å². The van der Waals surface area contributed by atoms with E-state index >= 15 is 0 Å². The summed E-state index contributed by atoms with van der Waals surface area (Å²) in [5.74, 6) is 0.310. The molecule has 11 aromatic rings. The maximum absolute atomic E-state index is 7.32. The number of fused-ring (bicyclic) bond motifs is 8. The maximum Gasteiger partial charge on any atom is 0.140 e. The maximum atomic E-state index is 7.32. The summed E-state index contributed by atoms with van der Waals surface area (Å²) < 4.78 is 14.6. The number of hydrogen-bond acceptors (Lipinski definition) is 4. The molecule has 0 spiro atoms. The van der Waals surface area contributed by atoms with Gasteiger partial charge < -0.3 is 18.6 Å². The first-order valence-corrected chi connectivity index (χ1v) is 29.3. The van der Waals surface area contributed by atoms with Gasteiger partial charge in [-0.25, -0.2) is 0 Å². The number of rotatable bonds is 8. The van der Waals surface area contributed by atoms with Gasteiger partial charge in [0.1, 0.15) is 22.3 Å². The van der Waals surface area contributed by atoms with Crippen molar-refractivity contribution in [3.05, 3.63) is 189 Å². The highest BCUT2D eigenvalue weighted by atomic mass is 16.3. The highest BCUT2D eigenvalue weighted by Crippen LogP contribution is 2.51. The molecule has 9 aromatic carbocycles. The van der Waals surface area contributed by atoms with Crippen LogP contribution in [0.15, 0.2) is 142 Å². The molecule has 0 radical (unpaired) electrons. The van der Waals surface area contributed by atoms with E-state index in [2.05, 4.69) is 282 Å². The van der Waals surface area contributed by atoms with E-state index in [1.54, 1.807) is 0 Å². The van der Waals surface area contributed by atoms with Crippen molar-refractivity contribution in [2.75, 3.05) is 9.80 Å². The van der Waals surface area contributed by atoms with Gasteiger partial charge in [-0.15, -0.1) is 0 Å². The monoisotopic (exact) mass is 1060 g/mol. The molecule has 0 fully saturated rings. The zero-order chi connectivity index (χ0) is 57.4. The predicted octanol–water partition coefficient (Wildman–Crippen LogP) is 23.4. The van der Waals surface area contributed by atoms with Crippen molar-refractivity contribution in [3.63, 3.8) is 0 Å². The second-order valence-corrected chi connectivity index (χ2v) is 28.2. The van der Waals surface area contributed by atoms with Crippen LogP contribution in [0, 0.1) is 27.7 Å². The topological polar surface area (TPSA) is 32.8 Å². The summed E-state index contributed by atoms with van der Waals surface area (Å²) >= 11 is 0. The van der Waals surface area contributed by atoms with Gasteiger partial charge in [0.2, 0.25) is 0 Å². The van der Waals surface area contributed by atoms with Crippen molar-refractivity contribution in [3.8, 4) is 0 Å². The average molecular weight is 1060 g/mol. The van der Waals surface area contributed by atoms with Crippen molar-refractivity contribution in [1.82, 2.24) is 0 Å². The van der Waals surface area contributed by atoms with Crippen LogP contribution in [0.4, 0.5) is 34.1 Å². The predicted molar refractivity (Wildman–Crippen MR) is 347 cm³/mol. The third-order valence-corrected chi connectivity index (χ3v) is 17.2. The van der Waals surface area contributed by atoms with Gasteiger partial charge in [0, 0.05) is 66.8 Å². The Hall–Kier alpha value is -7.30. The van der Waals surface area contributed by atoms with Gasteiger partial charge in [0.15, 0.2) is 0 Å². The molecule has 2 aromatic heterocycles. The van der Waals surface area contributed by atoms with E-state index in [1.807, 2.05) is 0 Å². The van der Waals surface area contributed by atoms with Crippen LogP contribution in [0.5, 0.6) is 0 Å². The Bertz CT molecular complexity index is 3870. The highest BCUT2D eigenvalue weighted by molar-refractivity contribution is 6.22. The van der Waals surface area contributed by atoms with Gasteiger partial charge in [0.05, 0.1) is 0 Å². The summed E-state index contributed by atoms with van der Waals surface area (Å²) in [7, 11) is 0. The van der Waals surface area contributed by atoms with Crippen LogP contribution >= 0.6 is 0 Å².